The highest BCUT2D eigenvalue weighted by Gasteiger charge is 2.09. The first kappa shape index (κ1) is 11.3. The minimum absolute atomic E-state index is 1.09. The van der Waals surface area contributed by atoms with Gasteiger partial charge in [0.2, 0.25) is 0 Å². The molecule has 3 aromatic rings. The topological polar surface area (TPSA) is 4.93 Å². The Labute approximate surface area is 108 Å². The third kappa shape index (κ3) is 1.62. The normalized spacial score (nSPS) is 11.5. The first-order chi connectivity index (χ1) is 8.70. The third-order valence-electron chi connectivity index (χ3n) is 3.63. The molecule has 3 rings (SSSR count). The molecule has 0 N–H and O–H groups in total. The maximum Gasteiger partial charge on any atom is 0.0494 e. The van der Waals surface area contributed by atoms with Gasteiger partial charge in [-0.2, -0.15) is 0 Å². The molecule has 0 spiro atoms. The first-order valence-corrected chi connectivity index (χ1v) is 6.70. The highest BCUT2D eigenvalue weighted by molar-refractivity contribution is 6.08. The molecular formula is C17H19N. The van der Waals surface area contributed by atoms with E-state index in [1.165, 1.54) is 39.4 Å². The Kier molecular flexibility index (Phi) is 2.62. The Balaban J connectivity index is 2.48. The van der Waals surface area contributed by atoms with Gasteiger partial charge in [0.25, 0.3) is 0 Å². The zero-order valence-corrected chi connectivity index (χ0v) is 11.3. The summed E-state index contributed by atoms with van der Waals surface area (Å²) in [5, 5.41) is 2.76. The van der Waals surface area contributed by atoms with Gasteiger partial charge in [-0.25, -0.2) is 0 Å². The Bertz CT molecular complexity index is 660. The molecule has 0 saturated carbocycles. The monoisotopic (exact) mass is 237 g/mol. The van der Waals surface area contributed by atoms with Crippen molar-refractivity contribution >= 4 is 21.8 Å². The van der Waals surface area contributed by atoms with Gasteiger partial charge >= 0.3 is 0 Å². The lowest BCUT2D eigenvalue weighted by molar-refractivity contribution is 0.723. The van der Waals surface area contributed by atoms with Gasteiger partial charge in [-0.1, -0.05) is 31.2 Å². The molecule has 1 heterocycles. The van der Waals surface area contributed by atoms with E-state index in [-0.39, 0.29) is 0 Å². The van der Waals surface area contributed by atoms with E-state index in [0.29, 0.717) is 0 Å². The highest BCUT2D eigenvalue weighted by Crippen LogP contribution is 2.30. The van der Waals surface area contributed by atoms with E-state index < -0.39 is 0 Å². The van der Waals surface area contributed by atoms with Crippen LogP contribution in [0.1, 0.15) is 24.5 Å². The van der Waals surface area contributed by atoms with E-state index >= 15 is 0 Å². The summed E-state index contributed by atoms with van der Waals surface area (Å²) in [5.74, 6) is 0. The lowest BCUT2D eigenvalue weighted by Gasteiger charge is -2.06. The third-order valence-corrected chi connectivity index (χ3v) is 3.63. The van der Waals surface area contributed by atoms with Crippen LogP contribution in [-0.4, -0.2) is 4.57 Å². The van der Waals surface area contributed by atoms with Crippen molar-refractivity contribution in [1.29, 1.82) is 0 Å². The Morgan fingerprint density at radius 3 is 1.78 bits per heavy atom. The van der Waals surface area contributed by atoms with Gasteiger partial charge in [-0.05, 0) is 43.5 Å². The molecule has 0 radical (unpaired) electrons. The smallest absolute Gasteiger partial charge is 0.0494 e. The number of aromatic nitrogens is 1. The molecule has 0 unspecified atom stereocenters. The molecular weight excluding hydrogens is 218 g/mol. The van der Waals surface area contributed by atoms with Crippen molar-refractivity contribution < 1.29 is 0 Å². The summed E-state index contributed by atoms with van der Waals surface area (Å²) in [6, 6.07) is 13.5. The molecule has 1 heteroatoms. The summed E-state index contributed by atoms with van der Waals surface area (Å²) in [6.07, 6.45) is 1.17. The van der Waals surface area contributed by atoms with Crippen LogP contribution in [0.15, 0.2) is 36.4 Å². The van der Waals surface area contributed by atoms with Crippen LogP contribution in [0.3, 0.4) is 0 Å². The number of hydrogen-bond donors (Lipinski definition) is 0. The predicted molar refractivity (Wildman–Crippen MR) is 79.2 cm³/mol. The minimum Gasteiger partial charge on any atom is -0.340 e. The molecule has 92 valence electrons. The van der Waals surface area contributed by atoms with Gasteiger partial charge in [0.05, 0.1) is 0 Å². The molecule has 2 aromatic carbocycles. The van der Waals surface area contributed by atoms with Gasteiger partial charge in [-0.15, -0.1) is 0 Å². The van der Waals surface area contributed by atoms with E-state index in [9.17, 15) is 0 Å². The number of hydrogen-bond acceptors (Lipinski definition) is 0. The zero-order chi connectivity index (χ0) is 12.7. The molecule has 0 bridgehead atoms. The average Bonchev–Trinajstić information content (AvgIpc) is 2.63. The zero-order valence-electron chi connectivity index (χ0n) is 11.3. The lowest BCUT2D eigenvalue weighted by atomic mass is 10.1. The number of nitrogens with zero attached hydrogens (tertiary/aromatic N) is 1. The Morgan fingerprint density at radius 2 is 1.33 bits per heavy atom. The van der Waals surface area contributed by atoms with Crippen LogP contribution >= 0.6 is 0 Å². The Morgan fingerprint density at radius 1 is 0.833 bits per heavy atom. The van der Waals surface area contributed by atoms with E-state index in [1.807, 2.05) is 0 Å². The number of rotatable bonds is 2. The standard InChI is InChI=1S/C17H19N/c1-4-9-18-16-10-12(2)5-7-14(16)15-8-6-13(3)11-17(15)18/h5-8,10-11H,4,9H2,1-3H3. The maximum atomic E-state index is 2.46. The summed E-state index contributed by atoms with van der Waals surface area (Å²) in [6.45, 7) is 7.66. The molecule has 1 nitrogen and oxygen atoms in total. The molecule has 0 aliphatic carbocycles. The number of benzene rings is 2. The van der Waals surface area contributed by atoms with Crippen LogP contribution in [0.4, 0.5) is 0 Å². The summed E-state index contributed by atoms with van der Waals surface area (Å²) in [4.78, 5) is 0. The largest absolute Gasteiger partial charge is 0.340 e. The second-order valence-electron chi connectivity index (χ2n) is 5.19. The second kappa shape index (κ2) is 4.16. The van der Waals surface area contributed by atoms with Gasteiger partial charge in [0.15, 0.2) is 0 Å². The van der Waals surface area contributed by atoms with Crippen molar-refractivity contribution in [2.24, 2.45) is 0 Å². The van der Waals surface area contributed by atoms with Crippen molar-refractivity contribution in [3.8, 4) is 0 Å². The SMILES string of the molecule is CCCn1c2cc(C)ccc2c2ccc(C)cc21. The molecule has 0 aliphatic heterocycles. The van der Waals surface area contributed by atoms with Gasteiger partial charge in [0.1, 0.15) is 0 Å². The van der Waals surface area contributed by atoms with Crippen LogP contribution in [0.2, 0.25) is 0 Å². The van der Waals surface area contributed by atoms with Gasteiger partial charge < -0.3 is 4.57 Å². The van der Waals surface area contributed by atoms with Crippen molar-refractivity contribution in [3.05, 3.63) is 47.5 Å². The summed E-state index contributed by atoms with van der Waals surface area (Å²) < 4.78 is 2.46. The van der Waals surface area contributed by atoms with E-state index in [1.54, 1.807) is 0 Å². The van der Waals surface area contributed by atoms with Crippen molar-refractivity contribution in [3.63, 3.8) is 0 Å². The van der Waals surface area contributed by atoms with Crippen molar-refractivity contribution in [2.45, 2.75) is 33.7 Å². The molecule has 1 aromatic heterocycles. The fourth-order valence-electron chi connectivity index (χ4n) is 2.78. The van der Waals surface area contributed by atoms with Gasteiger partial charge in [0, 0.05) is 28.4 Å². The quantitative estimate of drug-likeness (QED) is 0.602. The molecule has 18 heavy (non-hydrogen) atoms. The van der Waals surface area contributed by atoms with E-state index in [2.05, 4.69) is 61.7 Å². The fraction of sp³-hybridized carbons (Fsp3) is 0.294. The molecule has 0 amide bonds. The van der Waals surface area contributed by atoms with Crippen LogP contribution in [-0.2, 0) is 6.54 Å². The van der Waals surface area contributed by atoms with E-state index in [0.717, 1.165) is 6.54 Å². The lowest BCUT2D eigenvalue weighted by Crippen LogP contribution is -1.96. The summed E-state index contributed by atoms with van der Waals surface area (Å²) in [5.41, 5.74) is 5.41. The first-order valence-electron chi connectivity index (χ1n) is 6.70. The maximum absolute atomic E-state index is 2.46. The number of aryl methyl sites for hydroxylation is 3. The summed E-state index contributed by atoms with van der Waals surface area (Å²) >= 11 is 0. The molecule has 0 saturated heterocycles. The predicted octanol–water partition coefficient (Wildman–Crippen LogP) is 4.82. The van der Waals surface area contributed by atoms with Crippen molar-refractivity contribution in [2.75, 3.05) is 0 Å². The molecule has 0 aliphatic rings. The summed E-state index contributed by atoms with van der Waals surface area (Å²) in [7, 11) is 0. The van der Waals surface area contributed by atoms with Crippen LogP contribution < -0.4 is 0 Å². The minimum atomic E-state index is 1.09. The number of fused-ring (bicyclic) bond motifs is 3. The Hall–Kier alpha value is -1.76. The van der Waals surface area contributed by atoms with Crippen LogP contribution in [0, 0.1) is 13.8 Å². The van der Waals surface area contributed by atoms with Crippen LogP contribution in [0.25, 0.3) is 21.8 Å². The highest BCUT2D eigenvalue weighted by atomic mass is 15.0. The average molecular weight is 237 g/mol. The van der Waals surface area contributed by atoms with Crippen molar-refractivity contribution in [1.82, 2.24) is 4.57 Å². The van der Waals surface area contributed by atoms with E-state index in [4.69, 9.17) is 0 Å². The fourth-order valence-corrected chi connectivity index (χ4v) is 2.78. The van der Waals surface area contributed by atoms with Gasteiger partial charge in [-0.3, -0.25) is 0 Å². The van der Waals surface area contributed by atoms with Crippen LogP contribution in [0.5, 0.6) is 0 Å². The second-order valence-corrected chi connectivity index (χ2v) is 5.19. The molecule has 0 atom stereocenters. The molecule has 0 fully saturated rings.